The maximum Gasteiger partial charge on any atom is 0.300 e. The van der Waals surface area contributed by atoms with Crippen LogP contribution in [0.15, 0.2) is 74.5 Å². The standard InChI is InChI=1S/C16H10ClN5O3S/c17-26(24,25)13-8-4-5-11(9-13)19-20-15-14(10-18)21-22(16(15)23)12-6-2-1-3-7-12/h1-9,21H/b20-19+. The molecule has 130 valence electrons. The number of rotatable bonds is 4. The predicted octanol–water partition coefficient (Wildman–Crippen LogP) is 3.38. The van der Waals surface area contributed by atoms with E-state index >= 15 is 0 Å². The predicted molar refractivity (Wildman–Crippen MR) is 94.8 cm³/mol. The first kappa shape index (κ1) is 17.6. The number of para-hydroxylation sites is 1. The summed E-state index contributed by atoms with van der Waals surface area (Å²) in [6.45, 7) is 0. The van der Waals surface area contributed by atoms with Crippen molar-refractivity contribution in [2.45, 2.75) is 4.90 Å². The maximum absolute atomic E-state index is 12.5. The van der Waals surface area contributed by atoms with Crippen LogP contribution in [0, 0.1) is 11.3 Å². The minimum atomic E-state index is -3.91. The Morgan fingerprint density at radius 1 is 1.08 bits per heavy atom. The third kappa shape index (κ3) is 3.56. The highest BCUT2D eigenvalue weighted by molar-refractivity contribution is 8.13. The van der Waals surface area contributed by atoms with Crippen LogP contribution >= 0.6 is 10.7 Å². The number of halogens is 1. The van der Waals surface area contributed by atoms with Crippen molar-refractivity contribution in [2.24, 2.45) is 10.2 Å². The summed E-state index contributed by atoms with van der Waals surface area (Å²) in [5.74, 6) is 0. The number of azo groups is 1. The number of H-pyrrole nitrogens is 1. The molecule has 0 radical (unpaired) electrons. The van der Waals surface area contributed by atoms with E-state index in [-0.39, 0.29) is 22.0 Å². The largest absolute Gasteiger partial charge is 0.300 e. The molecular formula is C16H10ClN5O3S. The van der Waals surface area contributed by atoms with E-state index in [0.29, 0.717) is 5.69 Å². The number of aromatic amines is 1. The average Bonchev–Trinajstić information content (AvgIpc) is 2.96. The van der Waals surface area contributed by atoms with Crippen LogP contribution in [0.5, 0.6) is 0 Å². The van der Waals surface area contributed by atoms with E-state index in [1.807, 2.05) is 6.07 Å². The number of nitrogens with one attached hydrogen (secondary N) is 1. The second kappa shape index (κ2) is 6.95. The summed E-state index contributed by atoms with van der Waals surface area (Å²) < 4.78 is 23.9. The second-order valence-corrected chi connectivity index (χ2v) is 7.62. The van der Waals surface area contributed by atoms with Crippen LogP contribution in [-0.4, -0.2) is 18.2 Å². The monoisotopic (exact) mass is 387 g/mol. The highest BCUT2D eigenvalue weighted by Gasteiger charge is 2.15. The van der Waals surface area contributed by atoms with Crippen molar-refractivity contribution < 1.29 is 8.42 Å². The molecule has 0 amide bonds. The van der Waals surface area contributed by atoms with Crippen molar-refractivity contribution in [1.29, 1.82) is 5.26 Å². The van der Waals surface area contributed by atoms with E-state index < -0.39 is 14.6 Å². The zero-order valence-electron chi connectivity index (χ0n) is 13.0. The van der Waals surface area contributed by atoms with Crippen LogP contribution < -0.4 is 5.56 Å². The Kier molecular flexibility index (Phi) is 4.71. The molecule has 0 fully saturated rings. The van der Waals surface area contributed by atoms with E-state index in [4.69, 9.17) is 10.7 Å². The van der Waals surface area contributed by atoms with Gasteiger partial charge in [0.05, 0.1) is 16.3 Å². The van der Waals surface area contributed by atoms with Crippen LogP contribution in [-0.2, 0) is 9.05 Å². The Balaban J connectivity index is 2.04. The normalized spacial score (nSPS) is 11.5. The van der Waals surface area contributed by atoms with Gasteiger partial charge in [-0.3, -0.25) is 9.89 Å². The molecule has 1 N–H and O–H groups in total. The van der Waals surface area contributed by atoms with Crippen molar-refractivity contribution in [2.75, 3.05) is 0 Å². The third-order valence-electron chi connectivity index (χ3n) is 3.36. The maximum atomic E-state index is 12.5. The lowest BCUT2D eigenvalue weighted by Crippen LogP contribution is -2.13. The number of nitriles is 1. The van der Waals surface area contributed by atoms with Gasteiger partial charge in [-0.25, -0.2) is 13.1 Å². The van der Waals surface area contributed by atoms with Crippen molar-refractivity contribution >= 4 is 31.1 Å². The van der Waals surface area contributed by atoms with Gasteiger partial charge >= 0.3 is 0 Å². The summed E-state index contributed by atoms with van der Waals surface area (Å²) in [7, 11) is 1.38. The van der Waals surface area contributed by atoms with Crippen LogP contribution in [0.1, 0.15) is 5.69 Å². The molecule has 1 heterocycles. The van der Waals surface area contributed by atoms with Gasteiger partial charge in [0.15, 0.2) is 11.4 Å². The first-order valence-electron chi connectivity index (χ1n) is 7.17. The zero-order chi connectivity index (χ0) is 18.7. The fourth-order valence-corrected chi connectivity index (χ4v) is 2.95. The minimum Gasteiger partial charge on any atom is -0.279 e. The molecule has 0 spiro atoms. The molecule has 3 aromatic rings. The van der Waals surface area contributed by atoms with Crippen molar-refractivity contribution in [3.63, 3.8) is 0 Å². The molecule has 0 aliphatic carbocycles. The van der Waals surface area contributed by atoms with Crippen LogP contribution in [0.2, 0.25) is 0 Å². The molecule has 0 unspecified atom stereocenters. The Labute approximate surface area is 152 Å². The van der Waals surface area contributed by atoms with Crippen LogP contribution in [0.4, 0.5) is 11.4 Å². The lowest BCUT2D eigenvalue weighted by molar-refractivity contribution is 0.609. The van der Waals surface area contributed by atoms with Gasteiger partial charge in [0.1, 0.15) is 6.07 Å². The van der Waals surface area contributed by atoms with Gasteiger partial charge in [-0.2, -0.15) is 10.4 Å². The molecule has 26 heavy (non-hydrogen) atoms. The lowest BCUT2D eigenvalue weighted by Gasteiger charge is -1.98. The van der Waals surface area contributed by atoms with Gasteiger partial charge in [0.25, 0.3) is 14.6 Å². The van der Waals surface area contributed by atoms with Crippen molar-refractivity contribution in [3.05, 3.63) is 70.6 Å². The number of benzene rings is 2. The Morgan fingerprint density at radius 2 is 1.81 bits per heavy atom. The van der Waals surface area contributed by atoms with Gasteiger partial charge in [-0.05, 0) is 30.3 Å². The molecule has 0 bridgehead atoms. The lowest BCUT2D eigenvalue weighted by atomic mass is 10.3. The highest BCUT2D eigenvalue weighted by atomic mass is 35.7. The molecule has 3 rings (SSSR count). The SMILES string of the molecule is N#Cc1[nH]n(-c2ccccc2)c(=O)c1/N=N/c1cccc(S(=O)(=O)Cl)c1. The molecule has 10 heteroatoms. The van der Waals surface area contributed by atoms with E-state index in [9.17, 15) is 18.5 Å². The molecule has 0 aliphatic heterocycles. The van der Waals surface area contributed by atoms with Crippen molar-refractivity contribution in [1.82, 2.24) is 9.78 Å². The van der Waals surface area contributed by atoms with Gasteiger partial charge in [-0.15, -0.1) is 5.11 Å². The van der Waals surface area contributed by atoms with E-state index in [1.54, 1.807) is 30.3 Å². The van der Waals surface area contributed by atoms with Crippen LogP contribution in [0.3, 0.4) is 0 Å². The summed E-state index contributed by atoms with van der Waals surface area (Å²) in [5, 5.41) is 19.5. The molecule has 0 aliphatic rings. The number of hydrogen-bond acceptors (Lipinski definition) is 6. The molecule has 1 aromatic heterocycles. The smallest absolute Gasteiger partial charge is 0.279 e. The summed E-state index contributed by atoms with van der Waals surface area (Å²) in [5.41, 5.74) is -0.106. The topological polar surface area (TPSA) is 120 Å². The summed E-state index contributed by atoms with van der Waals surface area (Å²) >= 11 is 0. The van der Waals surface area contributed by atoms with Crippen LogP contribution in [0.25, 0.3) is 5.69 Å². The first-order chi connectivity index (χ1) is 12.4. The fraction of sp³-hybridized carbons (Fsp3) is 0. The quantitative estimate of drug-likeness (QED) is 0.544. The highest BCUT2D eigenvalue weighted by Crippen LogP contribution is 2.23. The average molecular weight is 388 g/mol. The minimum absolute atomic E-state index is 0.0660. The number of aromatic nitrogens is 2. The number of hydrogen-bond donors (Lipinski definition) is 1. The Hall–Kier alpha value is -3.22. The van der Waals surface area contributed by atoms with E-state index in [1.165, 1.54) is 28.9 Å². The molecule has 8 nitrogen and oxygen atoms in total. The van der Waals surface area contributed by atoms with E-state index in [0.717, 1.165) is 0 Å². The van der Waals surface area contributed by atoms with E-state index in [2.05, 4.69) is 15.3 Å². The zero-order valence-corrected chi connectivity index (χ0v) is 14.6. The third-order valence-corrected chi connectivity index (χ3v) is 4.71. The van der Waals surface area contributed by atoms with Gasteiger partial charge in [0, 0.05) is 10.7 Å². The van der Waals surface area contributed by atoms with Crippen molar-refractivity contribution in [3.8, 4) is 11.8 Å². The van der Waals surface area contributed by atoms with Gasteiger partial charge < -0.3 is 0 Å². The summed E-state index contributed by atoms with van der Waals surface area (Å²) in [6.07, 6.45) is 0. The summed E-state index contributed by atoms with van der Waals surface area (Å²) in [6, 6.07) is 16.0. The summed E-state index contributed by atoms with van der Waals surface area (Å²) in [4.78, 5) is 12.4. The Bertz CT molecular complexity index is 1190. The van der Waals surface area contributed by atoms with Gasteiger partial charge in [0.2, 0.25) is 0 Å². The molecular weight excluding hydrogens is 378 g/mol. The molecule has 0 saturated carbocycles. The number of nitrogens with zero attached hydrogens (tertiary/aromatic N) is 4. The van der Waals surface area contributed by atoms with Gasteiger partial charge in [-0.1, -0.05) is 24.3 Å². The second-order valence-electron chi connectivity index (χ2n) is 5.06. The molecule has 0 saturated heterocycles. The fourth-order valence-electron chi connectivity index (χ4n) is 2.16. The molecule has 0 atom stereocenters. The first-order valence-corrected chi connectivity index (χ1v) is 9.48. The molecule has 2 aromatic carbocycles. The Morgan fingerprint density at radius 3 is 2.46 bits per heavy atom.